The first-order valence-corrected chi connectivity index (χ1v) is 5.53. The van der Waals surface area contributed by atoms with Gasteiger partial charge in [-0.2, -0.15) is 5.10 Å². The van der Waals surface area contributed by atoms with Gasteiger partial charge in [0.25, 0.3) is 5.69 Å². The second kappa shape index (κ2) is 5.38. The van der Waals surface area contributed by atoms with Crippen LogP contribution in [0.3, 0.4) is 0 Å². The van der Waals surface area contributed by atoms with E-state index in [-0.39, 0.29) is 12.3 Å². The van der Waals surface area contributed by atoms with E-state index in [0.717, 1.165) is 0 Å². The molecule has 7 heteroatoms. The zero-order chi connectivity index (χ0) is 13.8. The lowest BCUT2D eigenvalue weighted by Crippen LogP contribution is -2.00. The molecule has 0 aliphatic carbocycles. The average Bonchev–Trinajstić information content (AvgIpc) is 2.81. The summed E-state index contributed by atoms with van der Waals surface area (Å²) in [6.07, 6.45) is 3.29. The van der Waals surface area contributed by atoms with Crippen LogP contribution < -0.4 is 9.47 Å². The van der Waals surface area contributed by atoms with Gasteiger partial charge in [0, 0.05) is 24.7 Å². The molecule has 0 aliphatic rings. The Morgan fingerprint density at radius 1 is 1.47 bits per heavy atom. The maximum Gasteiger partial charge on any atom is 0.270 e. The molecule has 0 saturated heterocycles. The van der Waals surface area contributed by atoms with Crippen molar-refractivity contribution in [3.05, 3.63) is 46.3 Å². The van der Waals surface area contributed by atoms with Gasteiger partial charge in [0.2, 0.25) is 0 Å². The van der Waals surface area contributed by atoms with Crippen molar-refractivity contribution >= 4 is 5.69 Å². The van der Waals surface area contributed by atoms with Crippen LogP contribution in [-0.4, -0.2) is 21.8 Å². The molecular formula is C12H13N3O4. The second-order valence-corrected chi connectivity index (χ2v) is 3.89. The van der Waals surface area contributed by atoms with E-state index in [9.17, 15) is 10.1 Å². The van der Waals surface area contributed by atoms with Gasteiger partial charge in [-0.05, 0) is 6.07 Å². The minimum Gasteiger partial charge on any atom is -0.496 e. The van der Waals surface area contributed by atoms with Crippen LogP contribution >= 0.6 is 0 Å². The highest BCUT2D eigenvalue weighted by molar-refractivity contribution is 5.43. The molecule has 0 atom stereocenters. The van der Waals surface area contributed by atoms with Crippen molar-refractivity contribution in [2.75, 3.05) is 7.11 Å². The Kier molecular flexibility index (Phi) is 3.65. The van der Waals surface area contributed by atoms with Crippen molar-refractivity contribution in [1.82, 2.24) is 9.78 Å². The molecule has 2 aromatic rings. The lowest BCUT2D eigenvalue weighted by atomic mass is 10.2. The van der Waals surface area contributed by atoms with Crippen LogP contribution in [0.15, 0.2) is 30.6 Å². The zero-order valence-corrected chi connectivity index (χ0v) is 10.6. The number of ether oxygens (including phenoxy) is 2. The molecule has 1 aromatic carbocycles. The van der Waals surface area contributed by atoms with Gasteiger partial charge in [0.05, 0.1) is 24.4 Å². The normalized spacial score (nSPS) is 10.2. The van der Waals surface area contributed by atoms with Gasteiger partial charge in [0.15, 0.2) is 5.75 Å². The predicted octanol–water partition coefficient (Wildman–Crippen LogP) is 1.92. The van der Waals surface area contributed by atoms with Gasteiger partial charge in [0.1, 0.15) is 12.4 Å². The van der Waals surface area contributed by atoms with Gasteiger partial charge in [-0.1, -0.05) is 0 Å². The molecule has 0 amide bonds. The number of non-ortho nitro benzene ring substituents is 1. The van der Waals surface area contributed by atoms with Gasteiger partial charge in [-0.25, -0.2) is 0 Å². The van der Waals surface area contributed by atoms with Crippen molar-refractivity contribution in [1.29, 1.82) is 0 Å². The quantitative estimate of drug-likeness (QED) is 0.608. The predicted molar refractivity (Wildman–Crippen MR) is 67.2 cm³/mol. The molecule has 2 rings (SSSR count). The number of aromatic nitrogens is 2. The van der Waals surface area contributed by atoms with E-state index in [4.69, 9.17) is 9.47 Å². The van der Waals surface area contributed by atoms with Crippen molar-refractivity contribution in [2.45, 2.75) is 6.61 Å². The van der Waals surface area contributed by atoms with Crippen LogP contribution in [0.25, 0.3) is 0 Å². The summed E-state index contributed by atoms with van der Waals surface area (Å²) in [6.45, 7) is 0.177. The van der Waals surface area contributed by atoms with Gasteiger partial charge < -0.3 is 9.47 Å². The Bertz CT molecular complexity index is 594. The van der Waals surface area contributed by atoms with Gasteiger partial charge >= 0.3 is 0 Å². The number of nitrogens with zero attached hydrogens (tertiary/aromatic N) is 3. The van der Waals surface area contributed by atoms with Crippen molar-refractivity contribution in [2.24, 2.45) is 7.05 Å². The lowest BCUT2D eigenvalue weighted by Gasteiger charge is -2.08. The van der Waals surface area contributed by atoms with E-state index >= 15 is 0 Å². The molecule has 19 heavy (non-hydrogen) atoms. The Hall–Kier alpha value is -2.57. The fourth-order valence-electron chi connectivity index (χ4n) is 1.63. The van der Waals surface area contributed by atoms with E-state index < -0.39 is 4.92 Å². The first kappa shape index (κ1) is 12.9. The van der Waals surface area contributed by atoms with Gasteiger partial charge in [-0.15, -0.1) is 0 Å². The summed E-state index contributed by atoms with van der Waals surface area (Å²) in [5, 5.41) is 14.7. The maximum absolute atomic E-state index is 10.7. The van der Waals surface area contributed by atoms with Crippen LogP contribution in [0.5, 0.6) is 11.5 Å². The molecule has 0 radical (unpaired) electrons. The van der Waals surface area contributed by atoms with Crippen molar-refractivity contribution < 1.29 is 14.4 Å². The Morgan fingerprint density at radius 3 is 2.84 bits per heavy atom. The molecule has 7 nitrogen and oxygen atoms in total. The SMILES string of the molecule is COc1ccc([N+](=O)[O-])cc1COc1cnn(C)c1. The fourth-order valence-corrected chi connectivity index (χ4v) is 1.63. The summed E-state index contributed by atoms with van der Waals surface area (Å²) in [5.41, 5.74) is 0.617. The summed E-state index contributed by atoms with van der Waals surface area (Å²) in [6, 6.07) is 4.39. The van der Waals surface area contributed by atoms with Crippen LogP contribution in [-0.2, 0) is 13.7 Å². The minimum atomic E-state index is -0.451. The number of rotatable bonds is 5. The monoisotopic (exact) mass is 263 g/mol. The molecule has 0 spiro atoms. The second-order valence-electron chi connectivity index (χ2n) is 3.89. The summed E-state index contributed by atoms with van der Waals surface area (Å²) < 4.78 is 12.3. The highest BCUT2D eigenvalue weighted by Crippen LogP contribution is 2.25. The Labute approximate surface area is 109 Å². The van der Waals surface area contributed by atoms with E-state index in [1.807, 2.05) is 0 Å². The van der Waals surface area contributed by atoms with Crippen molar-refractivity contribution in [3.63, 3.8) is 0 Å². The Balaban J connectivity index is 2.17. The number of aryl methyl sites for hydroxylation is 1. The topological polar surface area (TPSA) is 79.4 Å². The molecule has 0 fully saturated rings. The van der Waals surface area contributed by atoms with E-state index in [2.05, 4.69) is 5.10 Å². The summed E-state index contributed by atoms with van der Waals surface area (Å²) in [5.74, 6) is 1.14. The Morgan fingerprint density at radius 2 is 2.26 bits per heavy atom. The third kappa shape index (κ3) is 3.01. The molecule has 0 aliphatic heterocycles. The smallest absolute Gasteiger partial charge is 0.270 e. The van der Waals surface area contributed by atoms with E-state index in [1.54, 1.807) is 30.2 Å². The minimum absolute atomic E-state index is 0.00517. The molecule has 0 unspecified atom stereocenters. The fraction of sp³-hybridized carbons (Fsp3) is 0.250. The molecule has 1 heterocycles. The number of nitro benzene ring substituents is 1. The standard InChI is InChI=1S/C12H13N3O4/c1-14-7-11(6-13-14)19-8-9-5-10(15(16)17)3-4-12(9)18-2/h3-7H,8H2,1-2H3. The third-order valence-corrected chi connectivity index (χ3v) is 2.55. The van der Waals surface area contributed by atoms with Gasteiger partial charge in [-0.3, -0.25) is 14.8 Å². The number of nitro groups is 1. The average molecular weight is 263 g/mol. The molecule has 0 bridgehead atoms. The summed E-state index contributed by atoms with van der Waals surface area (Å²) >= 11 is 0. The highest BCUT2D eigenvalue weighted by Gasteiger charge is 2.12. The number of benzene rings is 1. The first-order chi connectivity index (χ1) is 9.10. The van der Waals surface area contributed by atoms with Crippen LogP contribution in [0.4, 0.5) is 5.69 Å². The molecular weight excluding hydrogens is 250 g/mol. The summed E-state index contributed by atoms with van der Waals surface area (Å²) in [7, 11) is 3.29. The highest BCUT2D eigenvalue weighted by atomic mass is 16.6. The zero-order valence-electron chi connectivity index (χ0n) is 10.6. The largest absolute Gasteiger partial charge is 0.496 e. The summed E-state index contributed by atoms with van der Waals surface area (Å²) in [4.78, 5) is 10.3. The lowest BCUT2D eigenvalue weighted by molar-refractivity contribution is -0.385. The molecule has 0 N–H and O–H groups in total. The van der Waals surface area contributed by atoms with Crippen molar-refractivity contribution in [3.8, 4) is 11.5 Å². The molecule has 100 valence electrons. The molecule has 0 saturated carbocycles. The van der Waals surface area contributed by atoms with E-state index in [1.165, 1.54) is 19.2 Å². The van der Waals surface area contributed by atoms with Crippen LogP contribution in [0.2, 0.25) is 0 Å². The third-order valence-electron chi connectivity index (χ3n) is 2.55. The van der Waals surface area contributed by atoms with Crippen LogP contribution in [0, 0.1) is 10.1 Å². The number of hydrogen-bond acceptors (Lipinski definition) is 5. The first-order valence-electron chi connectivity index (χ1n) is 5.53. The maximum atomic E-state index is 10.7. The van der Waals surface area contributed by atoms with Crippen LogP contribution in [0.1, 0.15) is 5.56 Å². The van der Waals surface area contributed by atoms with E-state index in [0.29, 0.717) is 17.1 Å². The number of hydrogen-bond donors (Lipinski definition) is 0. The number of methoxy groups -OCH3 is 1. The molecule has 1 aromatic heterocycles.